The molecule has 0 fully saturated rings. The van der Waals surface area contributed by atoms with Gasteiger partial charge in [0, 0.05) is 24.4 Å². The van der Waals surface area contributed by atoms with Crippen LogP contribution in [0.25, 0.3) is 0 Å². The Labute approximate surface area is 105 Å². The molecule has 1 aromatic heterocycles. The molecule has 1 heterocycles. The van der Waals surface area contributed by atoms with E-state index in [1.807, 2.05) is 6.92 Å². The fourth-order valence-electron chi connectivity index (χ4n) is 1.42. The lowest BCUT2D eigenvalue weighted by molar-refractivity contribution is -0.114. The van der Waals surface area contributed by atoms with E-state index in [0.29, 0.717) is 11.6 Å². The van der Waals surface area contributed by atoms with Gasteiger partial charge in [0.05, 0.1) is 0 Å². The van der Waals surface area contributed by atoms with Gasteiger partial charge in [0.15, 0.2) is 0 Å². The second kappa shape index (κ2) is 5.27. The predicted octanol–water partition coefficient (Wildman–Crippen LogP) is 2.54. The zero-order chi connectivity index (χ0) is 13.0. The minimum absolute atomic E-state index is 0.102. The minimum Gasteiger partial charge on any atom is -0.439 e. The molecular weight excluding hydrogens is 230 g/mol. The quantitative estimate of drug-likeness (QED) is 0.899. The first-order valence-corrected chi connectivity index (χ1v) is 5.47. The van der Waals surface area contributed by atoms with E-state index in [4.69, 9.17) is 4.74 Å². The molecule has 18 heavy (non-hydrogen) atoms. The van der Waals surface area contributed by atoms with E-state index >= 15 is 0 Å². The zero-order valence-corrected chi connectivity index (χ0v) is 10.2. The molecule has 0 aliphatic rings. The Bertz CT molecular complexity index is 552. The van der Waals surface area contributed by atoms with Crippen LogP contribution in [0.2, 0.25) is 0 Å². The minimum atomic E-state index is -0.102. The fourth-order valence-corrected chi connectivity index (χ4v) is 1.42. The molecule has 1 aromatic carbocycles. The summed E-state index contributed by atoms with van der Waals surface area (Å²) >= 11 is 0. The van der Waals surface area contributed by atoms with Crippen LogP contribution in [0.4, 0.5) is 5.69 Å². The Hall–Kier alpha value is -2.43. The van der Waals surface area contributed by atoms with Gasteiger partial charge in [-0.15, -0.1) is 0 Å². The number of amides is 1. The summed E-state index contributed by atoms with van der Waals surface area (Å²) in [6.45, 7) is 3.34. The SMILES string of the molecule is CC(=O)Nc1ccc(Oc2cc(C)ncn2)cc1. The number of anilines is 1. The maximum Gasteiger partial charge on any atom is 0.222 e. The summed E-state index contributed by atoms with van der Waals surface area (Å²) in [5.74, 6) is 1.05. The molecule has 2 aromatic rings. The molecule has 5 heteroatoms. The van der Waals surface area contributed by atoms with Gasteiger partial charge in [-0.05, 0) is 31.2 Å². The van der Waals surface area contributed by atoms with Crippen molar-refractivity contribution >= 4 is 11.6 Å². The second-order valence-electron chi connectivity index (χ2n) is 3.81. The van der Waals surface area contributed by atoms with Crippen molar-refractivity contribution in [2.24, 2.45) is 0 Å². The average Bonchev–Trinajstić information content (AvgIpc) is 2.31. The first kappa shape index (κ1) is 12.0. The van der Waals surface area contributed by atoms with E-state index in [0.717, 1.165) is 11.4 Å². The molecule has 92 valence electrons. The summed E-state index contributed by atoms with van der Waals surface area (Å²) in [6, 6.07) is 8.82. The largest absolute Gasteiger partial charge is 0.439 e. The molecule has 0 unspecified atom stereocenters. The molecule has 1 N–H and O–H groups in total. The van der Waals surface area contributed by atoms with Gasteiger partial charge in [-0.3, -0.25) is 4.79 Å². The van der Waals surface area contributed by atoms with Crippen LogP contribution in [0.5, 0.6) is 11.6 Å². The zero-order valence-electron chi connectivity index (χ0n) is 10.2. The van der Waals surface area contributed by atoms with Crippen molar-refractivity contribution in [2.75, 3.05) is 5.32 Å². The highest BCUT2D eigenvalue weighted by atomic mass is 16.5. The summed E-state index contributed by atoms with van der Waals surface area (Å²) in [5.41, 5.74) is 1.57. The van der Waals surface area contributed by atoms with E-state index in [1.54, 1.807) is 30.3 Å². The summed E-state index contributed by atoms with van der Waals surface area (Å²) in [5, 5.41) is 2.68. The molecule has 0 aliphatic carbocycles. The second-order valence-corrected chi connectivity index (χ2v) is 3.81. The Morgan fingerprint density at radius 3 is 2.56 bits per heavy atom. The summed E-state index contributed by atoms with van der Waals surface area (Å²) in [7, 11) is 0. The van der Waals surface area contributed by atoms with Crippen molar-refractivity contribution in [3.8, 4) is 11.6 Å². The highest BCUT2D eigenvalue weighted by Crippen LogP contribution is 2.21. The van der Waals surface area contributed by atoms with Gasteiger partial charge in [0.2, 0.25) is 11.8 Å². The monoisotopic (exact) mass is 243 g/mol. The lowest BCUT2D eigenvalue weighted by Crippen LogP contribution is -2.05. The van der Waals surface area contributed by atoms with Gasteiger partial charge < -0.3 is 10.1 Å². The standard InChI is InChI=1S/C13H13N3O2/c1-9-7-13(15-8-14-9)18-12-5-3-11(4-6-12)16-10(2)17/h3-8H,1-2H3,(H,16,17). The molecule has 0 spiro atoms. The van der Waals surface area contributed by atoms with Crippen molar-refractivity contribution < 1.29 is 9.53 Å². The molecule has 0 atom stereocenters. The van der Waals surface area contributed by atoms with Gasteiger partial charge in [0.1, 0.15) is 12.1 Å². The Morgan fingerprint density at radius 2 is 1.94 bits per heavy atom. The highest BCUT2D eigenvalue weighted by Gasteiger charge is 2.00. The molecule has 5 nitrogen and oxygen atoms in total. The number of nitrogens with one attached hydrogen (secondary N) is 1. The van der Waals surface area contributed by atoms with Crippen molar-refractivity contribution in [1.82, 2.24) is 9.97 Å². The van der Waals surface area contributed by atoms with Crippen LogP contribution in [0.15, 0.2) is 36.7 Å². The Balaban J connectivity index is 2.08. The third kappa shape index (κ3) is 3.28. The fraction of sp³-hybridized carbons (Fsp3) is 0.154. The maximum atomic E-state index is 10.9. The van der Waals surface area contributed by atoms with E-state index in [9.17, 15) is 4.79 Å². The van der Waals surface area contributed by atoms with Crippen molar-refractivity contribution in [3.05, 3.63) is 42.4 Å². The molecule has 0 saturated carbocycles. The maximum absolute atomic E-state index is 10.9. The molecule has 0 saturated heterocycles. The first-order chi connectivity index (χ1) is 8.63. The van der Waals surface area contributed by atoms with E-state index in [1.165, 1.54) is 13.3 Å². The number of benzene rings is 1. The number of hydrogen-bond donors (Lipinski definition) is 1. The van der Waals surface area contributed by atoms with Crippen LogP contribution < -0.4 is 10.1 Å². The van der Waals surface area contributed by atoms with Crippen LogP contribution in [-0.4, -0.2) is 15.9 Å². The molecule has 2 rings (SSSR count). The molecule has 0 radical (unpaired) electrons. The third-order valence-corrected chi connectivity index (χ3v) is 2.18. The van der Waals surface area contributed by atoms with E-state index < -0.39 is 0 Å². The summed E-state index contributed by atoms with van der Waals surface area (Å²) in [4.78, 5) is 18.9. The lowest BCUT2D eigenvalue weighted by atomic mass is 10.3. The lowest BCUT2D eigenvalue weighted by Gasteiger charge is -2.06. The molecular formula is C13H13N3O2. The Morgan fingerprint density at radius 1 is 1.22 bits per heavy atom. The molecule has 1 amide bonds. The summed E-state index contributed by atoms with van der Waals surface area (Å²) in [6.07, 6.45) is 1.45. The van der Waals surface area contributed by atoms with Gasteiger partial charge in [-0.1, -0.05) is 0 Å². The van der Waals surface area contributed by atoms with Gasteiger partial charge in [-0.2, -0.15) is 0 Å². The van der Waals surface area contributed by atoms with Gasteiger partial charge in [-0.25, -0.2) is 9.97 Å². The van der Waals surface area contributed by atoms with E-state index in [-0.39, 0.29) is 5.91 Å². The summed E-state index contributed by atoms with van der Waals surface area (Å²) < 4.78 is 5.56. The predicted molar refractivity (Wildman–Crippen MR) is 67.6 cm³/mol. The highest BCUT2D eigenvalue weighted by molar-refractivity contribution is 5.88. The Kier molecular flexibility index (Phi) is 3.52. The van der Waals surface area contributed by atoms with Crippen LogP contribution in [0.3, 0.4) is 0 Å². The van der Waals surface area contributed by atoms with Crippen LogP contribution in [0, 0.1) is 6.92 Å². The van der Waals surface area contributed by atoms with Crippen LogP contribution in [-0.2, 0) is 4.79 Å². The van der Waals surface area contributed by atoms with Crippen LogP contribution in [0.1, 0.15) is 12.6 Å². The smallest absolute Gasteiger partial charge is 0.222 e. The number of hydrogen-bond acceptors (Lipinski definition) is 4. The first-order valence-electron chi connectivity index (χ1n) is 5.47. The third-order valence-electron chi connectivity index (χ3n) is 2.18. The number of carbonyl (C=O) groups is 1. The van der Waals surface area contributed by atoms with Gasteiger partial charge in [0.25, 0.3) is 0 Å². The molecule has 0 aliphatic heterocycles. The number of aryl methyl sites for hydroxylation is 1. The number of ether oxygens (including phenoxy) is 1. The van der Waals surface area contributed by atoms with Crippen molar-refractivity contribution in [3.63, 3.8) is 0 Å². The average molecular weight is 243 g/mol. The van der Waals surface area contributed by atoms with Crippen molar-refractivity contribution in [2.45, 2.75) is 13.8 Å². The molecule has 0 bridgehead atoms. The number of carbonyl (C=O) groups excluding carboxylic acids is 1. The topological polar surface area (TPSA) is 64.1 Å². The van der Waals surface area contributed by atoms with E-state index in [2.05, 4.69) is 15.3 Å². The normalized spacial score (nSPS) is 9.89. The van der Waals surface area contributed by atoms with Gasteiger partial charge >= 0.3 is 0 Å². The van der Waals surface area contributed by atoms with Crippen molar-refractivity contribution in [1.29, 1.82) is 0 Å². The number of nitrogens with zero attached hydrogens (tertiary/aromatic N) is 2. The van der Waals surface area contributed by atoms with Crippen LogP contribution >= 0.6 is 0 Å². The number of aromatic nitrogens is 2. The number of rotatable bonds is 3.